The van der Waals surface area contributed by atoms with Crippen LogP contribution in [0.4, 0.5) is 5.69 Å². The number of aryl methyl sites for hydroxylation is 1. The Kier molecular flexibility index (Phi) is 3.14. The molecule has 0 N–H and O–H groups in total. The summed E-state index contributed by atoms with van der Waals surface area (Å²) in [5.74, 6) is -0.786. The van der Waals surface area contributed by atoms with Crippen LogP contribution in [0, 0.1) is 6.92 Å². The van der Waals surface area contributed by atoms with Gasteiger partial charge in [-0.05, 0) is 42.8 Å². The third kappa shape index (κ3) is 2.12. The van der Waals surface area contributed by atoms with Crippen LogP contribution in [0.25, 0.3) is 0 Å². The number of benzene rings is 2. The average molecular weight is 315 g/mol. The summed E-state index contributed by atoms with van der Waals surface area (Å²) in [6.07, 6.45) is 1.11. The Labute approximate surface area is 128 Å². The average Bonchev–Trinajstić information content (AvgIpc) is 2.71. The van der Waals surface area contributed by atoms with Crippen molar-refractivity contribution in [1.29, 1.82) is 0 Å². The summed E-state index contributed by atoms with van der Waals surface area (Å²) < 4.78 is 23.2. The van der Waals surface area contributed by atoms with Crippen LogP contribution < -0.4 is 4.90 Å². The molecule has 22 heavy (non-hydrogen) atoms. The lowest BCUT2D eigenvalue weighted by Gasteiger charge is -2.17. The summed E-state index contributed by atoms with van der Waals surface area (Å²) in [7, 11) is -3.33. The summed E-state index contributed by atoms with van der Waals surface area (Å²) in [4.78, 5) is 26.1. The van der Waals surface area contributed by atoms with Crippen LogP contribution in [0.3, 0.4) is 0 Å². The van der Waals surface area contributed by atoms with E-state index in [9.17, 15) is 18.0 Å². The van der Waals surface area contributed by atoms with Gasteiger partial charge in [0.05, 0.1) is 21.7 Å². The van der Waals surface area contributed by atoms with Gasteiger partial charge in [0.25, 0.3) is 11.8 Å². The Morgan fingerprint density at radius 1 is 0.909 bits per heavy atom. The summed E-state index contributed by atoms with van der Waals surface area (Å²) >= 11 is 0. The zero-order valence-corrected chi connectivity index (χ0v) is 12.8. The second-order valence-electron chi connectivity index (χ2n) is 5.21. The van der Waals surface area contributed by atoms with Crippen LogP contribution in [0.5, 0.6) is 0 Å². The largest absolute Gasteiger partial charge is 0.268 e. The molecule has 0 saturated carbocycles. The van der Waals surface area contributed by atoms with E-state index in [2.05, 4.69) is 0 Å². The minimum Gasteiger partial charge on any atom is -0.268 e. The molecular formula is C16H13NO4S. The van der Waals surface area contributed by atoms with Gasteiger partial charge in [0.15, 0.2) is 9.84 Å². The Balaban J connectivity index is 2.11. The lowest BCUT2D eigenvalue weighted by Crippen LogP contribution is -2.30. The highest BCUT2D eigenvalue weighted by atomic mass is 32.2. The Morgan fingerprint density at radius 3 is 1.91 bits per heavy atom. The monoisotopic (exact) mass is 315 g/mol. The maximum atomic E-state index is 12.4. The van der Waals surface area contributed by atoms with Crippen molar-refractivity contribution in [2.24, 2.45) is 0 Å². The van der Waals surface area contributed by atoms with Crippen molar-refractivity contribution >= 4 is 27.3 Å². The number of carbonyl (C=O) groups excluding carboxylic acids is 2. The van der Waals surface area contributed by atoms with Crippen molar-refractivity contribution in [3.05, 3.63) is 59.2 Å². The number of carbonyl (C=O) groups is 2. The summed E-state index contributed by atoms with van der Waals surface area (Å²) in [5.41, 5.74) is 1.68. The quantitative estimate of drug-likeness (QED) is 0.797. The molecule has 0 radical (unpaired) electrons. The molecule has 0 saturated heterocycles. The number of rotatable bonds is 2. The highest BCUT2D eigenvalue weighted by Crippen LogP contribution is 2.31. The van der Waals surface area contributed by atoms with Gasteiger partial charge in [-0.25, -0.2) is 13.3 Å². The molecular weight excluding hydrogens is 302 g/mol. The zero-order valence-electron chi connectivity index (χ0n) is 12.0. The molecule has 0 aliphatic carbocycles. The summed E-state index contributed by atoms with van der Waals surface area (Å²) in [6, 6.07) is 11.0. The van der Waals surface area contributed by atoms with E-state index in [0.717, 1.165) is 11.2 Å². The van der Waals surface area contributed by atoms with Crippen LogP contribution in [0.1, 0.15) is 26.3 Å². The van der Waals surface area contributed by atoms with Crippen LogP contribution in [0.15, 0.2) is 47.4 Å². The molecule has 0 spiro atoms. The van der Waals surface area contributed by atoms with Gasteiger partial charge in [-0.3, -0.25) is 9.59 Å². The number of hydrogen-bond acceptors (Lipinski definition) is 4. The van der Waals surface area contributed by atoms with E-state index in [1.165, 1.54) is 18.2 Å². The van der Waals surface area contributed by atoms with Crippen molar-refractivity contribution in [3.8, 4) is 0 Å². The second-order valence-corrected chi connectivity index (χ2v) is 7.23. The second kappa shape index (κ2) is 4.78. The molecule has 1 aliphatic rings. The van der Waals surface area contributed by atoms with E-state index in [1.807, 2.05) is 0 Å². The fraction of sp³-hybridized carbons (Fsp3) is 0.125. The lowest BCUT2D eigenvalue weighted by atomic mass is 10.1. The first-order chi connectivity index (χ1) is 10.3. The molecule has 0 bridgehead atoms. The molecule has 3 rings (SSSR count). The third-order valence-corrected chi connectivity index (χ3v) is 4.74. The minimum atomic E-state index is -3.33. The van der Waals surface area contributed by atoms with Gasteiger partial charge in [0, 0.05) is 6.26 Å². The molecule has 5 nitrogen and oxygen atoms in total. The summed E-state index contributed by atoms with van der Waals surface area (Å²) in [5, 5.41) is 0. The van der Waals surface area contributed by atoms with E-state index in [0.29, 0.717) is 22.4 Å². The molecule has 2 aromatic rings. The summed E-state index contributed by atoms with van der Waals surface area (Å²) in [6.45, 7) is 1.67. The number of fused-ring (bicyclic) bond motifs is 1. The maximum Gasteiger partial charge on any atom is 0.266 e. The number of anilines is 1. The van der Waals surface area contributed by atoms with Gasteiger partial charge < -0.3 is 0 Å². The first-order valence-electron chi connectivity index (χ1n) is 6.59. The van der Waals surface area contributed by atoms with Gasteiger partial charge in [0.2, 0.25) is 0 Å². The molecule has 0 unspecified atom stereocenters. The van der Waals surface area contributed by atoms with E-state index in [4.69, 9.17) is 0 Å². The van der Waals surface area contributed by atoms with Gasteiger partial charge in [0.1, 0.15) is 0 Å². The van der Waals surface area contributed by atoms with E-state index >= 15 is 0 Å². The van der Waals surface area contributed by atoms with Crippen LogP contribution in [0.2, 0.25) is 0 Å². The van der Waals surface area contributed by atoms with Crippen molar-refractivity contribution in [2.45, 2.75) is 11.8 Å². The SMILES string of the molecule is Cc1cc(S(C)(=O)=O)ccc1N1C(=O)c2ccccc2C1=O. The number of imide groups is 1. The predicted octanol–water partition coefficient (Wildman–Crippen LogP) is 2.20. The number of nitrogens with zero attached hydrogens (tertiary/aromatic N) is 1. The first kappa shape index (κ1) is 14.5. The fourth-order valence-electron chi connectivity index (χ4n) is 2.52. The number of hydrogen-bond donors (Lipinski definition) is 0. The molecule has 6 heteroatoms. The van der Waals surface area contributed by atoms with Crippen LogP contribution in [-0.2, 0) is 9.84 Å². The molecule has 1 heterocycles. The van der Waals surface area contributed by atoms with E-state index in [1.54, 1.807) is 31.2 Å². The number of sulfone groups is 1. The fourth-order valence-corrected chi connectivity index (χ4v) is 3.22. The molecule has 1 aliphatic heterocycles. The Bertz CT molecular complexity index is 880. The smallest absolute Gasteiger partial charge is 0.266 e. The van der Waals surface area contributed by atoms with Crippen molar-refractivity contribution in [2.75, 3.05) is 11.2 Å². The molecule has 0 atom stereocenters. The highest BCUT2D eigenvalue weighted by Gasteiger charge is 2.36. The third-order valence-electron chi connectivity index (χ3n) is 3.63. The Morgan fingerprint density at radius 2 is 1.45 bits per heavy atom. The molecule has 0 fully saturated rings. The van der Waals surface area contributed by atoms with Crippen LogP contribution in [-0.4, -0.2) is 26.5 Å². The topological polar surface area (TPSA) is 71.5 Å². The molecule has 0 aromatic heterocycles. The molecule has 2 aromatic carbocycles. The van der Waals surface area contributed by atoms with Crippen LogP contribution >= 0.6 is 0 Å². The standard InChI is InChI=1S/C16H13NO4S/c1-10-9-11(22(2,20)21)7-8-14(10)17-15(18)12-5-3-4-6-13(12)16(17)19/h3-9H,1-2H3. The van der Waals surface area contributed by atoms with Crippen molar-refractivity contribution < 1.29 is 18.0 Å². The van der Waals surface area contributed by atoms with E-state index in [-0.39, 0.29) is 4.90 Å². The van der Waals surface area contributed by atoms with Gasteiger partial charge in [-0.15, -0.1) is 0 Å². The highest BCUT2D eigenvalue weighted by molar-refractivity contribution is 7.90. The van der Waals surface area contributed by atoms with Gasteiger partial charge >= 0.3 is 0 Å². The minimum absolute atomic E-state index is 0.158. The molecule has 2 amide bonds. The maximum absolute atomic E-state index is 12.4. The first-order valence-corrected chi connectivity index (χ1v) is 8.48. The van der Waals surface area contributed by atoms with Crippen molar-refractivity contribution in [1.82, 2.24) is 0 Å². The number of amides is 2. The van der Waals surface area contributed by atoms with Crippen molar-refractivity contribution in [3.63, 3.8) is 0 Å². The normalized spacial score (nSPS) is 14.4. The predicted molar refractivity (Wildman–Crippen MR) is 81.9 cm³/mol. The van der Waals surface area contributed by atoms with E-state index < -0.39 is 21.7 Å². The Hall–Kier alpha value is -2.47. The lowest BCUT2D eigenvalue weighted by molar-refractivity contribution is 0.0926. The molecule has 112 valence electrons. The van der Waals surface area contributed by atoms with Gasteiger partial charge in [-0.1, -0.05) is 12.1 Å². The van der Waals surface area contributed by atoms with Gasteiger partial charge in [-0.2, -0.15) is 0 Å². The zero-order chi connectivity index (χ0) is 16.1.